The number of aromatic nitrogens is 2. The zero-order valence-corrected chi connectivity index (χ0v) is 20.9. The van der Waals surface area contributed by atoms with E-state index in [2.05, 4.69) is 21.8 Å². The Morgan fingerprint density at radius 2 is 1.86 bits per heavy atom. The topological polar surface area (TPSA) is 81.6 Å². The quantitative estimate of drug-likeness (QED) is 0.464. The van der Waals surface area contributed by atoms with E-state index in [0.29, 0.717) is 34.5 Å². The molecule has 1 aromatic heterocycles. The fourth-order valence-electron chi connectivity index (χ4n) is 4.61. The van der Waals surface area contributed by atoms with Gasteiger partial charge >= 0.3 is 0 Å². The van der Waals surface area contributed by atoms with Crippen molar-refractivity contribution in [3.05, 3.63) is 59.6 Å². The van der Waals surface area contributed by atoms with Gasteiger partial charge in [-0.25, -0.2) is 22.8 Å². The molecule has 0 unspecified atom stereocenters. The van der Waals surface area contributed by atoms with Crippen molar-refractivity contribution in [3.63, 3.8) is 0 Å². The highest BCUT2D eigenvalue weighted by molar-refractivity contribution is 7.92. The molecule has 7 nitrogen and oxygen atoms in total. The van der Waals surface area contributed by atoms with E-state index in [4.69, 9.17) is 21.1 Å². The van der Waals surface area contributed by atoms with Crippen LogP contribution in [0.2, 0.25) is 5.02 Å². The monoisotopic (exact) mass is 517 g/mol. The lowest BCUT2D eigenvalue weighted by molar-refractivity contribution is 0.202. The SMILES string of the molecule is C[C@@H]1C[C@H](COc2ccc(-c3ccc4c(c3)O[C@@H](C)S4(=O)=O)cc2F)CCN1c1ncc(Cl)cn1. The molecule has 0 aliphatic carbocycles. The van der Waals surface area contributed by atoms with Crippen molar-refractivity contribution in [1.82, 2.24) is 9.97 Å². The van der Waals surface area contributed by atoms with Crippen LogP contribution in [0.1, 0.15) is 26.7 Å². The molecule has 0 radical (unpaired) electrons. The van der Waals surface area contributed by atoms with Crippen LogP contribution in [0.4, 0.5) is 10.3 Å². The van der Waals surface area contributed by atoms with Gasteiger partial charge in [-0.05, 0) is 68.0 Å². The summed E-state index contributed by atoms with van der Waals surface area (Å²) in [6.45, 7) is 4.81. The molecule has 3 aromatic rings. The predicted octanol–water partition coefficient (Wildman–Crippen LogP) is 5.13. The summed E-state index contributed by atoms with van der Waals surface area (Å²) in [7, 11) is -3.47. The molecule has 0 amide bonds. The van der Waals surface area contributed by atoms with Gasteiger partial charge in [-0.2, -0.15) is 0 Å². The molecular weight excluding hydrogens is 493 g/mol. The van der Waals surface area contributed by atoms with Gasteiger partial charge in [0, 0.05) is 12.6 Å². The summed E-state index contributed by atoms with van der Waals surface area (Å²) in [4.78, 5) is 10.9. The standard InChI is InChI=1S/C25H25ClFN3O4S/c1-15-9-17(7-8-30(15)25-28-12-20(26)13-29-25)14-33-22-5-3-18(10-21(22)27)19-4-6-24-23(11-19)34-16(2)35(24,31)32/h3-6,10-13,15-17H,7-9,14H2,1-2H3/t15-,16-,17-/m1/s1. The van der Waals surface area contributed by atoms with Crippen molar-refractivity contribution in [2.75, 3.05) is 18.1 Å². The molecule has 10 heteroatoms. The van der Waals surface area contributed by atoms with Crippen LogP contribution in [0.5, 0.6) is 11.5 Å². The lowest BCUT2D eigenvalue weighted by atomic mass is 9.92. The summed E-state index contributed by atoms with van der Waals surface area (Å²) >= 11 is 5.89. The van der Waals surface area contributed by atoms with Crippen LogP contribution in [0, 0.1) is 11.7 Å². The number of benzene rings is 2. The van der Waals surface area contributed by atoms with Crippen molar-refractivity contribution in [2.24, 2.45) is 5.92 Å². The van der Waals surface area contributed by atoms with Gasteiger partial charge in [0.2, 0.25) is 21.2 Å². The first-order chi connectivity index (χ1) is 16.7. The Kier molecular flexibility index (Phi) is 6.31. The average molecular weight is 518 g/mol. The molecule has 0 bridgehead atoms. The second kappa shape index (κ2) is 9.28. The molecule has 3 heterocycles. The Bertz CT molecular complexity index is 1350. The Balaban J connectivity index is 1.22. The molecule has 0 saturated carbocycles. The van der Waals surface area contributed by atoms with Gasteiger partial charge in [0.05, 0.1) is 24.0 Å². The second-order valence-corrected chi connectivity index (χ2v) is 11.6. The zero-order valence-electron chi connectivity index (χ0n) is 19.3. The molecule has 1 saturated heterocycles. The fourth-order valence-corrected chi connectivity index (χ4v) is 5.94. The highest BCUT2D eigenvalue weighted by Gasteiger charge is 2.35. The number of hydrogen-bond acceptors (Lipinski definition) is 7. The molecule has 0 N–H and O–H groups in total. The fraction of sp³-hybridized carbons (Fsp3) is 0.360. The number of sulfone groups is 1. The van der Waals surface area contributed by atoms with E-state index >= 15 is 0 Å². The van der Waals surface area contributed by atoms with Crippen molar-refractivity contribution < 1.29 is 22.3 Å². The number of nitrogens with zero attached hydrogens (tertiary/aromatic N) is 3. The van der Waals surface area contributed by atoms with Crippen LogP contribution in [0.15, 0.2) is 53.7 Å². The van der Waals surface area contributed by atoms with Crippen LogP contribution in [-0.2, 0) is 9.84 Å². The first-order valence-electron chi connectivity index (χ1n) is 11.4. The third-order valence-electron chi connectivity index (χ3n) is 6.57. The van der Waals surface area contributed by atoms with E-state index in [1.807, 2.05) is 0 Å². The molecule has 5 rings (SSSR count). The second-order valence-electron chi connectivity index (χ2n) is 8.98. The maximum absolute atomic E-state index is 14.9. The van der Waals surface area contributed by atoms with E-state index in [9.17, 15) is 12.8 Å². The zero-order chi connectivity index (χ0) is 24.7. The first-order valence-corrected chi connectivity index (χ1v) is 13.4. The van der Waals surface area contributed by atoms with Gasteiger partial charge in [-0.15, -0.1) is 0 Å². The van der Waals surface area contributed by atoms with E-state index in [1.165, 1.54) is 19.1 Å². The van der Waals surface area contributed by atoms with Crippen LogP contribution in [-0.4, -0.2) is 43.0 Å². The Morgan fingerprint density at radius 3 is 2.57 bits per heavy atom. The minimum atomic E-state index is -3.47. The highest BCUT2D eigenvalue weighted by Crippen LogP contribution is 2.39. The van der Waals surface area contributed by atoms with Crippen molar-refractivity contribution in [2.45, 2.75) is 43.1 Å². The summed E-state index contributed by atoms with van der Waals surface area (Å²) in [5.41, 5.74) is 0.362. The van der Waals surface area contributed by atoms with Crippen molar-refractivity contribution in [3.8, 4) is 22.6 Å². The number of anilines is 1. The molecular formula is C25H25ClFN3O4S. The lowest BCUT2D eigenvalue weighted by Gasteiger charge is -2.37. The minimum absolute atomic E-state index is 0.164. The molecule has 184 valence electrons. The summed E-state index contributed by atoms with van der Waals surface area (Å²) in [6.07, 6.45) is 4.95. The van der Waals surface area contributed by atoms with Gasteiger partial charge < -0.3 is 14.4 Å². The van der Waals surface area contributed by atoms with Crippen molar-refractivity contribution >= 4 is 27.4 Å². The molecule has 2 aliphatic heterocycles. The highest BCUT2D eigenvalue weighted by atomic mass is 35.5. The van der Waals surface area contributed by atoms with Gasteiger partial charge in [0.15, 0.2) is 11.6 Å². The minimum Gasteiger partial charge on any atom is -0.490 e. The lowest BCUT2D eigenvalue weighted by Crippen LogP contribution is -2.43. The number of piperidine rings is 1. The third-order valence-corrected chi connectivity index (χ3v) is 8.68. The van der Waals surface area contributed by atoms with Gasteiger partial charge in [-0.3, -0.25) is 0 Å². The Hall–Kier alpha value is -2.91. The van der Waals surface area contributed by atoms with E-state index in [0.717, 1.165) is 19.4 Å². The summed E-state index contributed by atoms with van der Waals surface area (Å²) in [5.74, 6) is 0.959. The van der Waals surface area contributed by atoms with Crippen molar-refractivity contribution in [1.29, 1.82) is 0 Å². The maximum Gasteiger partial charge on any atom is 0.225 e. The number of rotatable bonds is 5. The van der Waals surface area contributed by atoms with Crippen LogP contribution >= 0.6 is 11.6 Å². The summed E-state index contributed by atoms with van der Waals surface area (Å²) in [6, 6.07) is 9.78. The largest absolute Gasteiger partial charge is 0.490 e. The molecule has 1 fully saturated rings. The van der Waals surface area contributed by atoms with Gasteiger partial charge in [-0.1, -0.05) is 23.7 Å². The maximum atomic E-state index is 14.9. The molecule has 2 aliphatic rings. The van der Waals surface area contributed by atoms with E-state index < -0.39 is 21.1 Å². The van der Waals surface area contributed by atoms with Crippen LogP contribution in [0.25, 0.3) is 11.1 Å². The average Bonchev–Trinajstić information content (AvgIpc) is 3.06. The van der Waals surface area contributed by atoms with Gasteiger partial charge in [0.1, 0.15) is 10.6 Å². The Morgan fingerprint density at radius 1 is 1.14 bits per heavy atom. The normalized spacial score (nSPS) is 23.0. The van der Waals surface area contributed by atoms with Crippen LogP contribution < -0.4 is 14.4 Å². The smallest absolute Gasteiger partial charge is 0.225 e. The number of ether oxygens (including phenoxy) is 2. The predicted molar refractivity (Wildman–Crippen MR) is 131 cm³/mol. The van der Waals surface area contributed by atoms with E-state index in [1.54, 1.807) is 36.7 Å². The molecule has 3 atom stereocenters. The Labute approximate surface area is 208 Å². The summed E-state index contributed by atoms with van der Waals surface area (Å²) < 4.78 is 50.6. The number of hydrogen-bond donors (Lipinski definition) is 0. The molecule has 35 heavy (non-hydrogen) atoms. The number of halogens is 2. The van der Waals surface area contributed by atoms with Crippen LogP contribution in [0.3, 0.4) is 0 Å². The summed E-state index contributed by atoms with van der Waals surface area (Å²) in [5, 5.41) is 0.504. The first kappa shape index (κ1) is 23.8. The molecule has 2 aromatic carbocycles. The number of fused-ring (bicyclic) bond motifs is 1. The molecule has 0 spiro atoms. The van der Waals surface area contributed by atoms with E-state index in [-0.39, 0.29) is 22.6 Å². The third kappa shape index (κ3) is 4.67. The van der Waals surface area contributed by atoms with Gasteiger partial charge in [0.25, 0.3) is 0 Å².